The first-order valence-electron chi connectivity index (χ1n) is 14.2. The van der Waals surface area contributed by atoms with Gasteiger partial charge in [-0.3, -0.25) is 9.59 Å². The Bertz CT molecular complexity index is 859. The van der Waals surface area contributed by atoms with Crippen molar-refractivity contribution in [2.24, 2.45) is 10.4 Å². The number of nitrogens with one attached hydrogen (secondary N) is 3. The number of benzene rings is 1. The minimum atomic E-state index is -0.105. The highest BCUT2D eigenvalue weighted by Gasteiger charge is 2.20. The Kier molecular flexibility index (Phi) is 22.5. The van der Waals surface area contributed by atoms with E-state index in [1.54, 1.807) is 6.34 Å². The Hall–Kier alpha value is -2.24. The van der Waals surface area contributed by atoms with Gasteiger partial charge in [0.1, 0.15) is 5.82 Å². The van der Waals surface area contributed by atoms with Crippen LogP contribution in [-0.2, 0) is 22.4 Å². The molecule has 0 bridgehead atoms. The average molecular weight is 564 g/mol. The van der Waals surface area contributed by atoms with Gasteiger partial charge in [-0.05, 0) is 61.4 Å². The lowest BCUT2D eigenvalue weighted by Gasteiger charge is -2.27. The molecule has 2 atom stereocenters. The van der Waals surface area contributed by atoms with Crippen molar-refractivity contribution in [2.75, 3.05) is 26.7 Å². The molecule has 39 heavy (non-hydrogen) atoms. The van der Waals surface area contributed by atoms with Gasteiger partial charge in [-0.2, -0.15) is 0 Å². The second-order valence-electron chi connectivity index (χ2n) is 11.4. The van der Waals surface area contributed by atoms with E-state index >= 15 is 0 Å². The van der Waals surface area contributed by atoms with E-state index in [9.17, 15) is 9.59 Å². The van der Waals surface area contributed by atoms with Gasteiger partial charge in [0.15, 0.2) is 0 Å². The van der Waals surface area contributed by atoms with E-state index in [1.807, 2.05) is 18.9 Å². The normalized spacial score (nSPS) is 13.8. The molecule has 8 heteroatoms. The number of carbonyl (C=O) groups excluding carboxylic acids is 2. The molecule has 1 aliphatic carbocycles. The fourth-order valence-electron chi connectivity index (χ4n) is 3.38. The van der Waals surface area contributed by atoms with Gasteiger partial charge in [-0.25, -0.2) is 4.99 Å². The van der Waals surface area contributed by atoms with Crippen molar-refractivity contribution < 1.29 is 9.59 Å². The summed E-state index contributed by atoms with van der Waals surface area (Å²) in [7, 11) is 4.79. The van der Waals surface area contributed by atoms with Gasteiger partial charge in [-0.15, -0.1) is 9.24 Å². The lowest BCUT2D eigenvalue weighted by molar-refractivity contribution is -0.119. The maximum absolute atomic E-state index is 12.1. The van der Waals surface area contributed by atoms with Gasteiger partial charge < -0.3 is 20.9 Å². The zero-order chi connectivity index (χ0) is 30.4. The van der Waals surface area contributed by atoms with Gasteiger partial charge in [0.25, 0.3) is 0 Å². The molecule has 3 N–H and O–H groups in total. The molecule has 224 valence electrons. The Morgan fingerprint density at radius 1 is 1.21 bits per heavy atom. The van der Waals surface area contributed by atoms with Gasteiger partial charge in [-0.1, -0.05) is 79.2 Å². The predicted octanol–water partition coefficient (Wildman–Crippen LogP) is 5.12. The van der Waals surface area contributed by atoms with E-state index in [-0.39, 0.29) is 12.5 Å². The van der Waals surface area contributed by atoms with Gasteiger partial charge in [0, 0.05) is 26.2 Å². The summed E-state index contributed by atoms with van der Waals surface area (Å²) in [6, 6.07) is 4.81. The standard InChI is InChI=1S/C20H31N4OP.C5H12.C3H7NO.C3H8/c1-5-8-24(4)13-22-15(3)23-20(25)12-21-17-7-6-16-9-14(2)10-19(26)18(16)11-17;1-5(2,3)4;1-2-4-3-5;1-3-2/h9-10,13,17,21H,3,5-8,11-12,26H2,1-2,4H3,(H,23,25);1-4H3;3H,2H2,1H3,(H,4,5);3H2,1-2H3/b22-13-;;;. The van der Waals surface area contributed by atoms with Crippen LogP contribution in [0.3, 0.4) is 0 Å². The quantitative estimate of drug-likeness (QED) is 0.160. The van der Waals surface area contributed by atoms with Gasteiger partial charge >= 0.3 is 0 Å². The first kappa shape index (κ1) is 38.9. The van der Waals surface area contributed by atoms with Crippen molar-refractivity contribution in [1.29, 1.82) is 0 Å². The van der Waals surface area contributed by atoms with Crippen molar-refractivity contribution >= 4 is 33.2 Å². The molecular weight excluding hydrogens is 505 g/mol. The molecule has 0 aromatic heterocycles. The highest BCUT2D eigenvalue weighted by atomic mass is 31.0. The summed E-state index contributed by atoms with van der Waals surface area (Å²) >= 11 is 0. The van der Waals surface area contributed by atoms with E-state index in [2.05, 4.69) is 104 Å². The van der Waals surface area contributed by atoms with Crippen LogP contribution in [0.4, 0.5) is 0 Å². The molecule has 1 aromatic rings. The topological polar surface area (TPSA) is 85.8 Å². The molecule has 0 heterocycles. The maximum Gasteiger partial charge on any atom is 0.239 e. The fourth-order valence-corrected chi connectivity index (χ4v) is 3.95. The zero-order valence-electron chi connectivity index (χ0n) is 26.5. The molecule has 2 amide bonds. The minimum absolute atomic E-state index is 0.105. The molecule has 2 unspecified atom stereocenters. The Labute approximate surface area is 242 Å². The average Bonchev–Trinajstić information content (AvgIpc) is 2.82. The fraction of sp³-hybridized carbons (Fsp3) is 0.645. The van der Waals surface area contributed by atoms with Crippen molar-refractivity contribution in [3.63, 3.8) is 0 Å². The van der Waals surface area contributed by atoms with E-state index in [1.165, 1.54) is 28.4 Å². The summed E-state index contributed by atoms with van der Waals surface area (Å²) < 4.78 is 0. The summed E-state index contributed by atoms with van der Waals surface area (Å²) in [6.07, 6.45) is 7.74. The van der Waals surface area contributed by atoms with Gasteiger partial charge in [0.2, 0.25) is 12.3 Å². The molecule has 0 saturated heterocycles. The third-order valence-electron chi connectivity index (χ3n) is 4.84. The number of rotatable bonds is 10. The Morgan fingerprint density at radius 3 is 2.28 bits per heavy atom. The number of nitrogens with zero attached hydrogens (tertiary/aromatic N) is 2. The highest BCUT2D eigenvalue weighted by Crippen LogP contribution is 2.22. The first-order valence-corrected chi connectivity index (χ1v) is 14.8. The van der Waals surface area contributed by atoms with Crippen LogP contribution >= 0.6 is 9.24 Å². The summed E-state index contributed by atoms with van der Waals surface area (Å²) in [5, 5.41) is 9.80. The third kappa shape index (κ3) is 23.4. The number of aliphatic imine (C=N–C) groups is 1. The predicted molar refractivity (Wildman–Crippen MR) is 174 cm³/mol. The van der Waals surface area contributed by atoms with Crippen LogP contribution in [0, 0.1) is 12.3 Å². The van der Waals surface area contributed by atoms with E-state index in [4.69, 9.17) is 0 Å². The molecule has 0 saturated carbocycles. The molecule has 1 aliphatic rings. The van der Waals surface area contributed by atoms with Crippen LogP contribution in [0.5, 0.6) is 0 Å². The lowest BCUT2D eigenvalue weighted by atomic mass is 9.87. The number of hydrogen-bond donors (Lipinski definition) is 3. The van der Waals surface area contributed by atoms with Gasteiger partial charge in [0.05, 0.1) is 12.9 Å². The van der Waals surface area contributed by atoms with Crippen LogP contribution in [0.2, 0.25) is 0 Å². The van der Waals surface area contributed by atoms with E-state index in [0.717, 1.165) is 38.8 Å². The second kappa shape index (κ2) is 22.6. The minimum Gasteiger partial charge on any atom is -0.366 e. The SMILES string of the molecule is C=C(/N=C\N(C)CCC)NC(=O)CNC1CCc2cc(C)cc(P)c2C1.CC(C)(C)C.CCC.CCNC=O. The van der Waals surface area contributed by atoms with Crippen LogP contribution < -0.4 is 21.3 Å². The summed E-state index contributed by atoms with van der Waals surface area (Å²) in [5.74, 6) is 0.266. The Balaban J connectivity index is 0. The van der Waals surface area contributed by atoms with Crippen molar-refractivity contribution in [2.45, 2.75) is 100 Å². The highest BCUT2D eigenvalue weighted by molar-refractivity contribution is 7.27. The number of aryl methyl sites for hydroxylation is 2. The lowest BCUT2D eigenvalue weighted by Crippen LogP contribution is -2.42. The number of carbonyl (C=O) groups is 2. The molecule has 0 aliphatic heterocycles. The summed E-state index contributed by atoms with van der Waals surface area (Å²) in [5.41, 5.74) is 4.65. The van der Waals surface area contributed by atoms with Crippen LogP contribution in [0.15, 0.2) is 29.5 Å². The van der Waals surface area contributed by atoms with Crippen LogP contribution in [-0.4, -0.2) is 56.3 Å². The molecule has 7 nitrogen and oxygen atoms in total. The monoisotopic (exact) mass is 563 g/mol. The number of fused-ring (bicyclic) bond motifs is 1. The maximum atomic E-state index is 12.1. The first-order chi connectivity index (χ1) is 18.2. The van der Waals surface area contributed by atoms with Crippen molar-refractivity contribution in [1.82, 2.24) is 20.9 Å². The number of amides is 2. The summed E-state index contributed by atoms with van der Waals surface area (Å²) in [6.45, 7) is 24.8. The number of hydrogen-bond acceptors (Lipinski definition) is 4. The van der Waals surface area contributed by atoms with E-state index < -0.39 is 0 Å². The smallest absolute Gasteiger partial charge is 0.239 e. The molecule has 0 radical (unpaired) electrons. The molecule has 1 aromatic carbocycles. The third-order valence-corrected chi connectivity index (χ3v) is 5.36. The van der Waals surface area contributed by atoms with Crippen LogP contribution in [0.25, 0.3) is 0 Å². The zero-order valence-corrected chi connectivity index (χ0v) is 27.7. The summed E-state index contributed by atoms with van der Waals surface area (Å²) in [4.78, 5) is 27.5. The van der Waals surface area contributed by atoms with E-state index in [0.29, 0.717) is 23.7 Å². The largest absolute Gasteiger partial charge is 0.366 e. The van der Waals surface area contributed by atoms with Crippen molar-refractivity contribution in [3.05, 3.63) is 41.2 Å². The van der Waals surface area contributed by atoms with Crippen LogP contribution in [0.1, 0.15) is 91.3 Å². The molecule has 0 fully saturated rings. The molecule has 0 spiro atoms. The molecule has 2 rings (SSSR count). The van der Waals surface area contributed by atoms with Crippen molar-refractivity contribution in [3.8, 4) is 0 Å². The Morgan fingerprint density at radius 2 is 1.79 bits per heavy atom. The molecular formula is C31H58N5O2P. The second-order valence-corrected chi connectivity index (χ2v) is 12.0.